The lowest BCUT2D eigenvalue weighted by atomic mass is 10.3. The molecule has 0 saturated heterocycles. The zero-order valence-electron chi connectivity index (χ0n) is 8.69. The molecule has 1 aromatic rings. The van der Waals surface area contributed by atoms with Gasteiger partial charge in [-0.1, -0.05) is 5.16 Å². The molecule has 0 aliphatic carbocycles. The third-order valence-electron chi connectivity index (χ3n) is 1.64. The van der Waals surface area contributed by atoms with Crippen molar-refractivity contribution in [2.75, 3.05) is 13.7 Å². The molecule has 84 valence electrons. The minimum Gasteiger partial charge on any atom is -0.392 e. The summed E-state index contributed by atoms with van der Waals surface area (Å²) in [6.45, 7) is 2.04. The Labute approximate surface area is 87.2 Å². The van der Waals surface area contributed by atoms with Gasteiger partial charge in [0.25, 0.3) is 5.91 Å². The van der Waals surface area contributed by atoms with Crippen LogP contribution in [-0.4, -0.2) is 35.9 Å². The molecular formula is C9H14N2O4. The Bertz CT molecular complexity index is 322. The average Bonchev–Trinajstić information content (AvgIpc) is 2.63. The summed E-state index contributed by atoms with van der Waals surface area (Å²) < 4.78 is 9.65. The number of ether oxygens (including phenoxy) is 1. The predicted octanol–water partition coefficient (Wildman–Crippen LogP) is -0.0684. The smallest absolute Gasteiger partial charge is 0.273 e. The summed E-state index contributed by atoms with van der Waals surface area (Å²) >= 11 is 0. The fraction of sp³-hybridized carbons (Fsp3) is 0.556. The van der Waals surface area contributed by atoms with Crippen LogP contribution >= 0.6 is 0 Å². The molecule has 1 heterocycles. The van der Waals surface area contributed by atoms with Crippen LogP contribution < -0.4 is 5.32 Å². The molecule has 6 heteroatoms. The van der Waals surface area contributed by atoms with E-state index in [9.17, 15) is 4.79 Å². The van der Waals surface area contributed by atoms with Crippen LogP contribution in [0.2, 0.25) is 0 Å². The summed E-state index contributed by atoms with van der Waals surface area (Å²) in [5, 5.41) is 15.0. The Hall–Kier alpha value is -1.40. The van der Waals surface area contributed by atoms with Gasteiger partial charge in [0.15, 0.2) is 11.5 Å². The van der Waals surface area contributed by atoms with Gasteiger partial charge in [-0.2, -0.15) is 0 Å². The first kappa shape index (κ1) is 11.7. The molecule has 1 rings (SSSR count). The van der Waals surface area contributed by atoms with Gasteiger partial charge in [0.05, 0.1) is 6.10 Å². The highest BCUT2D eigenvalue weighted by Gasteiger charge is 2.12. The van der Waals surface area contributed by atoms with Gasteiger partial charge in [-0.25, -0.2) is 0 Å². The number of aliphatic hydroxyl groups is 1. The number of hydrogen-bond donors (Lipinski definition) is 2. The van der Waals surface area contributed by atoms with Crippen LogP contribution in [0.5, 0.6) is 0 Å². The Morgan fingerprint density at radius 3 is 3.13 bits per heavy atom. The number of aliphatic hydroxyl groups excluding tert-OH is 1. The first-order valence-electron chi connectivity index (χ1n) is 4.54. The molecule has 15 heavy (non-hydrogen) atoms. The Morgan fingerprint density at radius 1 is 1.80 bits per heavy atom. The maximum Gasteiger partial charge on any atom is 0.273 e. The van der Waals surface area contributed by atoms with E-state index in [1.54, 1.807) is 6.92 Å². The molecule has 0 aliphatic rings. The van der Waals surface area contributed by atoms with Crippen molar-refractivity contribution in [3.63, 3.8) is 0 Å². The lowest BCUT2D eigenvalue weighted by molar-refractivity contribution is 0.0914. The van der Waals surface area contributed by atoms with Gasteiger partial charge in [0, 0.05) is 19.7 Å². The number of carbonyl (C=O) groups excluding carboxylic acids is 1. The van der Waals surface area contributed by atoms with Crippen LogP contribution in [0.4, 0.5) is 0 Å². The van der Waals surface area contributed by atoms with E-state index in [4.69, 9.17) is 14.4 Å². The molecule has 0 aromatic carbocycles. The van der Waals surface area contributed by atoms with E-state index in [0.717, 1.165) is 0 Å². The quantitative estimate of drug-likeness (QED) is 0.716. The summed E-state index contributed by atoms with van der Waals surface area (Å²) in [6.07, 6.45) is -0.584. The number of amides is 1. The minimum atomic E-state index is -0.584. The summed E-state index contributed by atoms with van der Waals surface area (Å²) in [7, 11) is 1.52. The third kappa shape index (κ3) is 3.69. The minimum absolute atomic E-state index is 0.183. The van der Waals surface area contributed by atoms with Crippen LogP contribution in [0, 0.1) is 0 Å². The van der Waals surface area contributed by atoms with Gasteiger partial charge in [-0.05, 0) is 6.92 Å². The van der Waals surface area contributed by atoms with Crippen molar-refractivity contribution in [3.8, 4) is 0 Å². The second-order valence-electron chi connectivity index (χ2n) is 3.17. The van der Waals surface area contributed by atoms with E-state index >= 15 is 0 Å². The number of carbonyl (C=O) groups is 1. The first-order valence-corrected chi connectivity index (χ1v) is 4.54. The Kier molecular flexibility index (Phi) is 4.26. The maximum atomic E-state index is 11.4. The van der Waals surface area contributed by atoms with Crippen molar-refractivity contribution >= 4 is 5.91 Å². The van der Waals surface area contributed by atoms with Gasteiger partial charge < -0.3 is 19.7 Å². The molecule has 0 saturated carbocycles. The molecule has 0 radical (unpaired) electrons. The summed E-state index contributed by atoms with van der Waals surface area (Å²) in [6, 6.07) is 1.50. The van der Waals surface area contributed by atoms with E-state index in [1.165, 1.54) is 13.2 Å². The fourth-order valence-corrected chi connectivity index (χ4v) is 0.961. The normalized spacial score (nSPS) is 12.5. The lowest BCUT2D eigenvalue weighted by Crippen LogP contribution is -2.30. The number of rotatable bonds is 5. The van der Waals surface area contributed by atoms with Crippen molar-refractivity contribution in [1.29, 1.82) is 0 Å². The molecule has 1 amide bonds. The van der Waals surface area contributed by atoms with Gasteiger partial charge in [-0.15, -0.1) is 0 Å². The summed E-state index contributed by atoms with van der Waals surface area (Å²) in [5.41, 5.74) is 0.183. The Morgan fingerprint density at radius 2 is 2.53 bits per heavy atom. The summed E-state index contributed by atoms with van der Waals surface area (Å²) in [4.78, 5) is 11.4. The molecule has 0 fully saturated rings. The van der Waals surface area contributed by atoms with Crippen molar-refractivity contribution in [3.05, 3.63) is 17.5 Å². The van der Waals surface area contributed by atoms with Crippen LogP contribution in [0.1, 0.15) is 23.2 Å². The second kappa shape index (κ2) is 5.47. The highest BCUT2D eigenvalue weighted by atomic mass is 16.5. The van der Waals surface area contributed by atoms with Crippen LogP contribution in [0.25, 0.3) is 0 Å². The topological polar surface area (TPSA) is 84.6 Å². The zero-order chi connectivity index (χ0) is 11.3. The van der Waals surface area contributed by atoms with E-state index in [1.807, 2.05) is 0 Å². The SMILES string of the molecule is COCc1cc(C(=O)NCC(C)O)no1. The van der Waals surface area contributed by atoms with E-state index in [2.05, 4.69) is 10.5 Å². The molecular weight excluding hydrogens is 200 g/mol. The number of aromatic nitrogens is 1. The van der Waals surface area contributed by atoms with E-state index in [0.29, 0.717) is 5.76 Å². The fourth-order valence-electron chi connectivity index (χ4n) is 0.961. The van der Waals surface area contributed by atoms with Crippen molar-refractivity contribution in [2.24, 2.45) is 0 Å². The van der Waals surface area contributed by atoms with Gasteiger partial charge >= 0.3 is 0 Å². The summed E-state index contributed by atoms with van der Waals surface area (Å²) in [5.74, 6) is 0.113. The molecule has 1 atom stereocenters. The highest BCUT2D eigenvalue weighted by molar-refractivity contribution is 5.92. The predicted molar refractivity (Wildman–Crippen MR) is 51.2 cm³/mol. The largest absolute Gasteiger partial charge is 0.392 e. The van der Waals surface area contributed by atoms with Gasteiger partial charge in [0.1, 0.15) is 6.61 Å². The molecule has 6 nitrogen and oxygen atoms in total. The Balaban J connectivity index is 2.50. The van der Waals surface area contributed by atoms with Crippen LogP contribution in [-0.2, 0) is 11.3 Å². The zero-order valence-corrected chi connectivity index (χ0v) is 8.69. The molecule has 0 aliphatic heterocycles. The average molecular weight is 214 g/mol. The first-order chi connectivity index (χ1) is 7.13. The highest BCUT2D eigenvalue weighted by Crippen LogP contribution is 2.04. The maximum absolute atomic E-state index is 11.4. The second-order valence-corrected chi connectivity index (χ2v) is 3.17. The number of hydrogen-bond acceptors (Lipinski definition) is 5. The number of nitrogens with zero attached hydrogens (tertiary/aromatic N) is 1. The molecule has 1 aromatic heterocycles. The third-order valence-corrected chi connectivity index (χ3v) is 1.64. The number of nitrogens with one attached hydrogen (secondary N) is 1. The molecule has 2 N–H and O–H groups in total. The molecule has 0 spiro atoms. The molecule has 1 unspecified atom stereocenters. The standard InChI is InChI=1S/C9H14N2O4/c1-6(12)4-10-9(13)8-3-7(5-14-2)15-11-8/h3,6,12H,4-5H2,1-2H3,(H,10,13). The van der Waals surface area contributed by atoms with Crippen LogP contribution in [0.15, 0.2) is 10.6 Å². The van der Waals surface area contributed by atoms with Gasteiger partial charge in [-0.3, -0.25) is 4.79 Å². The van der Waals surface area contributed by atoms with Crippen molar-refractivity contribution < 1.29 is 19.2 Å². The van der Waals surface area contributed by atoms with E-state index < -0.39 is 6.10 Å². The van der Waals surface area contributed by atoms with Crippen molar-refractivity contribution in [1.82, 2.24) is 10.5 Å². The van der Waals surface area contributed by atoms with Gasteiger partial charge in [0.2, 0.25) is 0 Å². The van der Waals surface area contributed by atoms with Crippen LogP contribution in [0.3, 0.4) is 0 Å². The lowest BCUT2D eigenvalue weighted by Gasteiger charge is -2.03. The molecule has 0 bridgehead atoms. The monoisotopic (exact) mass is 214 g/mol. The van der Waals surface area contributed by atoms with E-state index in [-0.39, 0.29) is 24.8 Å². The number of methoxy groups -OCH3 is 1. The van der Waals surface area contributed by atoms with Crippen molar-refractivity contribution in [2.45, 2.75) is 19.6 Å².